The predicted octanol–water partition coefficient (Wildman–Crippen LogP) is 3.41. The maximum atomic E-state index is 11.2. The third-order valence-electron chi connectivity index (χ3n) is 3.74. The van der Waals surface area contributed by atoms with E-state index in [1.165, 1.54) is 0 Å². The van der Waals surface area contributed by atoms with Gasteiger partial charge in [0.1, 0.15) is 5.52 Å². The van der Waals surface area contributed by atoms with Crippen molar-refractivity contribution in [2.24, 2.45) is 11.3 Å². The predicted molar refractivity (Wildman–Crippen MR) is 69.4 cm³/mol. The lowest BCUT2D eigenvalue weighted by molar-refractivity contribution is -0.139. The monoisotopic (exact) mass is 309 g/mol. The molecule has 0 radical (unpaired) electrons. The molecule has 1 fully saturated rings. The van der Waals surface area contributed by atoms with E-state index in [2.05, 4.69) is 20.9 Å². The van der Waals surface area contributed by atoms with E-state index in [4.69, 9.17) is 4.42 Å². The highest BCUT2D eigenvalue weighted by molar-refractivity contribution is 9.10. The summed E-state index contributed by atoms with van der Waals surface area (Å²) < 4.78 is 6.55. The summed E-state index contributed by atoms with van der Waals surface area (Å²) in [4.78, 5) is 15.6. The number of oxazole rings is 1. The lowest BCUT2D eigenvalue weighted by atomic mass is 10.1. The summed E-state index contributed by atoms with van der Waals surface area (Å²) in [6.07, 6.45) is 0. The minimum absolute atomic E-state index is 0.144. The number of fused-ring (bicyclic) bond motifs is 1. The Kier molecular flexibility index (Phi) is 2.32. The Morgan fingerprint density at radius 3 is 2.78 bits per heavy atom. The van der Waals surface area contributed by atoms with Gasteiger partial charge in [0.25, 0.3) is 0 Å². The highest BCUT2D eigenvalue weighted by Crippen LogP contribution is 2.64. The van der Waals surface area contributed by atoms with Crippen molar-refractivity contribution in [3.8, 4) is 0 Å². The number of para-hydroxylation sites is 1. The number of nitrogens with zero attached hydrogens (tertiary/aromatic N) is 1. The van der Waals surface area contributed by atoms with Crippen LogP contribution in [0.2, 0.25) is 0 Å². The molecule has 0 saturated heterocycles. The van der Waals surface area contributed by atoms with Gasteiger partial charge < -0.3 is 9.52 Å². The van der Waals surface area contributed by atoms with Crippen molar-refractivity contribution in [1.29, 1.82) is 0 Å². The molecule has 1 aromatic carbocycles. The molecule has 1 heterocycles. The third kappa shape index (κ3) is 1.50. The molecule has 2 atom stereocenters. The van der Waals surface area contributed by atoms with Crippen LogP contribution in [0.4, 0.5) is 0 Å². The number of aliphatic carboxylic acids is 1. The van der Waals surface area contributed by atoms with Gasteiger partial charge in [-0.3, -0.25) is 4.79 Å². The van der Waals surface area contributed by atoms with Crippen LogP contribution in [0, 0.1) is 11.3 Å². The molecule has 18 heavy (non-hydrogen) atoms. The van der Waals surface area contributed by atoms with Crippen LogP contribution in [0.1, 0.15) is 25.7 Å². The normalized spacial score (nSPS) is 25.3. The largest absolute Gasteiger partial charge is 0.481 e. The van der Waals surface area contributed by atoms with E-state index in [9.17, 15) is 9.90 Å². The van der Waals surface area contributed by atoms with Crippen molar-refractivity contribution in [2.45, 2.75) is 19.8 Å². The molecule has 0 bridgehead atoms. The van der Waals surface area contributed by atoms with Crippen LogP contribution in [0.15, 0.2) is 27.1 Å². The third-order valence-corrected chi connectivity index (χ3v) is 4.37. The summed E-state index contributed by atoms with van der Waals surface area (Å²) in [5.74, 6) is -0.820. The van der Waals surface area contributed by atoms with Crippen LogP contribution >= 0.6 is 15.9 Å². The Balaban J connectivity index is 2.07. The molecule has 94 valence electrons. The lowest BCUT2D eigenvalue weighted by Gasteiger charge is -1.96. The van der Waals surface area contributed by atoms with E-state index in [0.29, 0.717) is 11.5 Å². The molecular formula is C13H12BrNO3. The summed E-state index contributed by atoms with van der Waals surface area (Å²) in [6.45, 7) is 3.86. The second-order valence-corrected chi connectivity index (χ2v) is 6.11. The van der Waals surface area contributed by atoms with E-state index in [-0.39, 0.29) is 11.3 Å². The fourth-order valence-corrected chi connectivity index (χ4v) is 3.06. The van der Waals surface area contributed by atoms with Crippen molar-refractivity contribution in [3.63, 3.8) is 0 Å². The Morgan fingerprint density at radius 1 is 1.50 bits per heavy atom. The van der Waals surface area contributed by atoms with E-state index in [1.54, 1.807) is 0 Å². The molecule has 2 unspecified atom stereocenters. The van der Waals surface area contributed by atoms with Crippen LogP contribution in [0.3, 0.4) is 0 Å². The number of benzene rings is 1. The van der Waals surface area contributed by atoms with Crippen LogP contribution in [0.5, 0.6) is 0 Å². The first kappa shape index (κ1) is 11.7. The quantitative estimate of drug-likeness (QED) is 0.923. The number of aromatic nitrogens is 1. The molecule has 0 spiro atoms. The highest BCUT2D eigenvalue weighted by atomic mass is 79.9. The van der Waals surface area contributed by atoms with Gasteiger partial charge in [-0.25, -0.2) is 4.98 Å². The number of hydrogen-bond acceptors (Lipinski definition) is 3. The maximum Gasteiger partial charge on any atom is 0.307 e. The van der Waals surface area contributed by atoms with Gasteiger partial charge in [0, 0.05) is 0 Å². The van der Waals surface area contributed by atoms with E-state index >= 15 is 0 Å². The molecule has 1 N–H and O–H groups in total. The minimum atomic E-state index is -0.786. The van der Waals surface area contributed by atoms with Gasteiger partial charge in [-0.2, -0.15) is 0 Å². The molecule has 1 saturated carbocycles. The number of rotatable bonds is 2. The van der Waals surface area contributed by atoms with Gasteiger partial charge >= 0.3 is 5.97 Å². The van der Waals surface area contributed by atoms with Gasteiger partial charge in [0.2, 0.25) is 0 Å². The molecule has 0 aliphatic heterocycles. The zero-order valence-electron chi connectivity index (χ0n) is 9.98. The second-order valence-electron chi connectivity index (χ2n) is 5.26. The number of carboxylic acids is 1. The highest BCUT2D eigenvalue weighted by Gasteiger charge is 2.65. The Bertz CT molecular complexity index is 647. The standard InChI is InChI=1S/C13H12BrNO3/c1-13(2)8(9(13)12(16)17)11-15-7-5-3-4-6(14)10(7)18-11/h3-5,8-9H,1-2H3,(H,16,17). The van der Waals surface area contributed by atoms with Gasteiger partial charge in [0.15, 0.2) is 11.5 Å². The van der Waals surface area contributed by atoms with Gasteiger partial charge in [-0.1, -0.05) is 19.9 Å². The molecule has 1 aliphatic rings. The molecule has 2 aromatic rings. The summed E-state index contributed by atoms with van der Waals surface area (Å²) in [6, 6.07) is 5.62. The first-order chi connectivity index (χ1) is 8.43. The summed E-state index contributed by atoms with van der Waals surface area (Å²) in [5.41, 5.74) is 1.14. The minimum Gasteiger partial charge on any atom is -0.481 e. The van der Waals surface area contributed by atoms with Crippen LogP contribution in [-0.2, 0) is 4.79 Å². The number of hydrogen-bond donors (Lipinski definition) is 1. The molecule has 1 aliphatic carbocycles. The van der Waals surface area contributed by atoms with E-state index < -0.39 is 11.9 Å². The lowest BCUT2D eigenvalue weighted by Crippen LogP contribution is -2.03. The Hall–Kier alpha value is -1.36. The average molecular weight is 310 g/mol. The average Bonchev–Trinajstić information content (AvgIpc) is 2.68. The smallest absolute Gasteiger partial charge is 0.307 e. The maximum absolute atomic E-state index is 11.2. The summed E-state index contributed by atoms with van der Waals surface area (Å²) >= 11 is 3.40. The van der Waals surface area contributed by atoms with Crippen molar-refractivity contribution in [2.75, 3.05) is 0 Å². The zero-order valence-corrected chi connectivity index (χ0v) is 11.6. The van der Waals surface area contributed by atoms with Crippen molar-refractivity contribution < 1.29 is 14.3 Å². The van der Waals surface area contributed by atoms with Gasteiger partial charge in [0.05, 0.1) is 16.3 Å². The molecule has 3 rings (SSSR count). The Morgan fingerprint density at radius 2 is 2.22 bits per heavy atom. The van der Waals surface area contributed by atoms with E-state index in [0.717, 1.165) is 9.99 Å². The SMILES string of the molecule is CC1(C)C(C(=O)O)C1c1nc2cccc(Br)c2o1. The molecule has 5 heteroatoms. The molecule has 4 nitrogen and oxygen atoms in total. The molecule has 0 amide bonds. The van der Waals surface area contributed by atoms with E-state index in [1.807, 2.05) is 32.0 Å². The van der Waals surface area contributed by atoms with Crippen molar-refractivity contribution in [1.82, 2.24) is 4.98 Å². The molecule has 1 aromatic heterocycles. The van der Waals surface area contributed by atoms with Crippen LogP contribution in [-0.4, -0.2) is 16.1 Å². The topological polar surface area (TPSA) is 63.3 Å². The number of carbonyl (C=O) groups is 1. The first-order valence-corrected chi connectivity index (χ1v) is 6.50. The van der Waals surface area contributed by atoms with Crippen LogP contribution in [0.25, 0.3) is 11.1 Å². The second kappa shape index (κ2) is 3.57. The Labute approximate surface area is 112 Å². The number of carboxylic acid groups (broad SMARTS) is 1. The zero-order chi connectivity index (χ0) is 13.1. The van der Waals surface area contributed by atoms with Crippen molar-refractivity contribution >= 4 is 33.0 Å². The summed E-state index contributed by atoms with van der Waals surface area (Å²) in [5, 5.41) is 9.17. The fraction of sp³-hybridized carbons (Fsp3) is 0.385. The molecular weight excluding hydrogens is 298 g/mol. The summed E-state index contributed by atoms with van der Waals surface area (Å²) in [7, 11) is 0. The first-order valence-electron chi connectivity index (χ1n) is 5.70. The van der Waals surface area contributed by atoms with Gasteiger partial charge in [-0.15, -0.1) is 0 Å². The van der Waals surface area contributed by atoms with Crippen LogP contribution < -0.4 is 0 Å². The fourth-order valence-electron chi connectivity index (χ4n) is 2.63. The number of halogens is 1. The van der Waals surface area contributed by atoms with Gasteiger partial charge in [-0.05, 0) is 33.5 Å². The van der Waals surface area contributed by atoms with Crippen molar-refractivity contribution in [3.05, 3.63) is 28.6 Å².